The number of nitriles is 1. The fourth-order valence-electron chi connectivity index (χ4n) is 4.12. The second kappa shape index (κ2) is 11.0. The van der Waals surface area contributed by atoms with E-state index in [0.717, 1.165) is 22.6 Å². The molecule has 1 aliphatic rings. The zero-order chi connectivity index (χ0) is 26.6. The van der Waals surface area contributed by atoms with Gasteiger partial charge in [0.25, 0.3) is 5.91 Å². The number of ether oxygens (including phenoxy) is 1. The Bertz CT molecular complexity index is 1470. The Morgan fingerprint density at radius 2 is 2.03 bits per heavy atom. The summed E-state index contributed by atoms with van der Waals surface area (Å²) in [5, 5.41) is 17.2. The van der Waals surface area contributed by atoms with E-state index >= 15 is 0 Å². The second-order valence-corrected chi connectivity index (χ2v) is 11.9. The summed E-state index contributed by atoms with van der Waals surface area (Å²) in [4.78, 5) is 12.9. The van der Waals surface area contributed by atoms with Gasteiger partial charge in [-0.3, -0.25) is 4.79 Å². The molecule has 37 heavy (non-hydrogen) atoms. The van der Waals surface area contributed by atoms with Crippen LogP contribution in [-0.2, 0) is 14.6 Å². The summed E-state index contributed by atoms with van der Waals surface area (Å²) >= 11 is 0. The van der Waals surface area contributed by atoms with Gasteiger partial charge in [0, 0.05) is 23.4 Å². The van der Waals surface area contributed by atoms with Crippen LogP contribution in [0.2, 0.25) is 0 Å². The van der Waals surface area contributed by atoms with Crippen molar-refractivity contribution in [3.05, 3.63) is 71.4 Å². The summed E-state index contributed by atoms with van der Waals surface area (Å²) in [6.45, 7) is 6.76. The number of aryl methyl sites for hydroxylation is 1. The van der Waals surface area contributed by atoms with Crippen LogP contribution in [0.5, 0.6) is 5.75 Å². The van der Waals surface area contributed by atoms with Crippen molar-refractivity contribution in [2.75, 3.05) is 18.1 Å². The van der Waals surface area contributed by atoms with Gasteiger partial charge in [-0.05, 0) is 61.2 Å². The van der Waals surface area contributed by atoms with Gasteiger partial charge < -0.3 is 10.1 Å². The molecule has 1 fully saturated rings. The minimum atomic E-state index is -3.16. The Kier molecular flexibility index (Phi) is 7.79. The zero-order valence-corrected chi connectivity index (χ0v) is 22.0. The van der Waals surface area contributed by atoms with E-state index < -0.39 is 21.8 Å². The molecule has 2 heterocycles. The van der Waals surface area contributed by atoms with E-state index in [1.807, 2.05) is 61.5 Å². The molecule has 8 nitrogen and oxygen atoms in total. The molecule has 0 bridgehead atoms. The van der Waals surface area contributed by atoms with E-state index in [1.54, 1.807) is 10.9 Å². The van der Waals surface area contributed by atoms with Gasteiger partial charge in [0.05, 0.1) is 23.8 Å². The second-order valence-electron chi connectivity index (χ2n) is 9.64. The van der Waals surface area contributed by atoms with Gasteiger partial charge in [0.2, 0.25) is 0 Å². The lowest BCUT2D eigenvalue weighted by Crippen LogP contribution is -2.36. The topological polar surface area (TPSA) is 114 Å². The van der Waals surface area contributed by atoms with E-state index in [2.05, 4.69) is 19.2 Å². The van der Waals surface area contributed by atoms with Crippen molar-refractivity contribution in [2.24, 2.45) is 5.92 Å². The van der Waals surface area contributed by atoms with Gasteiger partial charge in [-0.15, -0.1) is 0 Å². The fourth-order valence-corrected chi connectivity index (χ4v) is 5.79. The molecule has 0 spiro atoms. The average molecular weight is 519 g/mol. The minimum Gasteiger partial charge on any atom is -0.493 e. The molecule has 9 heteroatoms. The summed E-state index contributed by atoms with van der Waals surface area (Å²) in [5.41, 5.74) is 3.66. The van der Waals surface area contributed by atoms with Crippen molar-refractivity contribution in [3.8, 4) is 28.8 Å². The van der Waals surface area contributed by atoms with E-state index in [4.69, 9.17) is 9.84 Å². The molecule has 1 aromatic heterocycles. The third-order valence-electron chi connectivity index (χ3n) is 6.02. The lowest BCUT2D eigenvalue weighted by molar-refractivity contribution is -0.117. The first-order valence-electron chi connectivity index (χ1n) is 12.2. The van der Waals surface area contributed by atoms with Gasteiger partial charge >= 0.3 is 0 Å². The van der Waals surface area contributed by atoms with Crippen molar-refractivity contribution in [1.29, 1.82) is 5.26 Å². The van der Waals surface area contributed by atoms with Crippen molar-refractivity contribution in [3.63, 3.8) is 0 Å². The highest BCUT2D eigenvalue weighted by Gasteiger charge is 2.29. The van der Waals surface area contributed by atoms with Crippen molar-refractivity contribution >= 4 is 21.8 Å². The molecule has 1 saturated heterocycles. The fraction of sp³-hybridized carbons (Fsp3) is 0.321. The smallest absolute Gasteiger partial charge is 0.262 e. The Balaban J connectivity index is 1.70. The molecule has 1 atom stereocenters. The molecular formula is C28H30N4O4S. The molecule has 3 aromatic rings. The Morgan fingerprint density at radius 1 is 1.27 bits per heavy atom. The standard InChI is InChI=1S/C28H30N4O4S/c1-19(2)17-36-26-10-9-21(13-20(26)3)27-23(16-32(31-27)25-7-5-4-6-8-25)14-22(15-29)28(33)30-24-11-12-37(34,35)18-24/h4-10,13-14,16,19,24H,11-12,17-18H2,1-3H3,(H,30,33)/b22-14-/t24-/m1/s1. The highest BCUT2D eigenvalue weighted by atomic mass is 32.2. The first kappa shape index (κ1) is 26.2. The van der Waals surface area contributed by atoms with Gasteiger partial charge in [-0.1, -0.05) is 32.0 Å². The quantitative estimate of drug-likeness (QED) is 0.355. The molecule has 0 aliphatic carbocycles. The number of benzene rings is 2. The van der Waals surface area contributed by atoms with Crippen molar-refractivity contribution in [2.45, 2.75) is 33.2 Å². The largest absolute Gasteiger partial charge is 0.493 e. The monoisotopic (exact) mass is 518 g/mol. The summed E-state index contributed by atoms with van der Waals surface area (Å²) in [7, 11) is -3.16. The maximum Gasteiger partial charge on any atom is 0.262 e. The number of para-hydroxylation sites is 1. The molecule has 192 valence electrons. The summed E-state index contributed by atoms with van der Waals surface area (Å²) in [6.07, 6.45) is 3.61. The number of nitrogens with zero attached hydrogens (tertiary/aromatic N) is 3. The molecule has 4 rings (SSSR count). The number of amides is 1. The van der Waals surface area contributed by atoms with Crippen LogP contribution in [0.25, 0.3) is 23.0 Å². The number of hydrogen-bond donors (Lipinski definition) is 1. The van der Waals surface area contributed by atoms with E-state index in [0.29, 0.717) is 30.2 Å². The number of nitrogens with one attached hydrogen (secondary N) is 1. The first-order valence-corrected chi connectivity index (χ1v) is 14.0. The Labute approximate surface area is 217 Å². The predicted octanol–water partition coefficient (Wildman–Crippen LogP) is 4.09. The van der Waals surface area contributed by atoms with Crippen LogP contribution in [0.1, 0.15) is 31.4 Å². The highest BCUT2D eigenvalue weighted by molar-refractivity contribution is 7.91. The van der Waals surface area contributed by atoms with E-state index in [9.17, 15) is 18.5 Å². The van der Waals surface area contributed by atoms with Crippen molar-refractivity contribution < 1.29 is 17.9 Å². The van der Waals surface area contributed by atoms with Crippen LogP contribution >= 0.6 is 0 Å². The molecule has 0 radical (unpaired) electrons. The maximum atomic E-state index is 12.9. The predicted molar refractivity (Wildman–Crippen MR) is 143 cm³/mol. The summed E-state index contributed by atoms with van der Waals surface area (Å²) in [5.74, 6) is 0.516. The minimum absolute atomic E-state index is 0.0355. The van der Waals surface area contributed by atoms with Crippen molar-refractivity contribution in [1.82, 2.24) is 15.1 Å². The molecule has 0 saturated carbocycles. The van der Waals surface area contributed by atoms with Gasteiger partial charge in [-0.2, -0.15) is 10.4 Å². The maximum absolute atomic E-state index is 12.9. The third kappa shape index (κ3) is 6.46. The Hall–Kier alpha value is -3.90. The molecule has 1 N–H and O–H groups in total. The van der Waals surface area contributed by atoms with Crippen LogP contribution in [0.15, 0.2) is 60.3 Å². The van der Waals surface area contributed by atoms with Crippen LogP contribution in [0, 0.1) is 24.2 Å². The number of carbonyl (C=O) groups excluding carboxylic acids is 1. The number of sulfone groups is 1. The van der Waals surface area contributed by atoms with E-state index in [1.165, 1.54) is 6.08 Å². The van der Waals surface area contributed by atoms with Crippen LogP contribution in [-0.4, -0.2) is 48.3 Å². The first-order chi connectivity index (χ1) is 17.6. The number of carbonyl (C=O) groups is 1. The molecular weight excluding hydrogens is 488 g/mol. The lowest BCUT2D eigenvalue weighted by atomic mass is 10.0. The van der Waals surface area contributed by atoms with Crippen LogP contribution in [0.4, 0.5) is 0 Å². The van der Waals surface area contributed by atoms with Crippen LogP contribution < -0.4 is 10.1 Å². The summed E-state index contributed by atoms with van der Waals surface area (Å²) in [6, 6.07) is 16.8. The number of aromatic nitrogens is 2. The highest BCUT2D eigenvalue weighted by Crippen LogP contribution is 2.30. The lowest BCUT2D eigenvalue weighted by Gasteiger charge is -2.12. The molecule has 0 unspecified atom stereocenters. The average Bonchev–Trinajstić information content (AvgIpc) is 3.44. The normalized spacial score (nSPS) is 16.9. The van der Waals surface area contributed by atoms with E-state index in [-0.39, 0.29) is 17.1 Å². The molecule has 2 aromatic carbocycles. The molecule has 1 amide bonds. The number of hydrogen-bond acceptors (Lipinski definition) is 6. The zero-order valence-electron chi connectivity index (χ0n) is 21.1. The summed E-state index contributed by atoms with van der Waals surface area (Å²) < 4.78 is 31.1. The van der Waals surface area contributed by atoms with Gasteiger partial charge in [0.1, 0.15) is 23.1 Å². The van der Waals surface area contributed by atoms with Gasteiger partial charge in [0.15, 0.2) is 9.84 Å². The third-order valence-corrected chi connectivity index (χ3v) is 7.78. The Morgan fingerprint density at radius 3 is 2.65 bits per heavy atom. The van der Waals surface area contributed by atoms with Crippen LogP contribution in [0.3, 0.4) is 0 Å². The van der Waals surface area contributed by atoms with Gasteiger partial charge in [-0.25, -0.2) is 13.1 Å². The SMILES string of the molecule is Cc1cc(-c2nn(-c3ccccc3)cc2/C=C(/C#N)C(=O)N[C@@H]2CCS(=O)(=O)C2)ccc1OCC(C)C. The molecule has 1 aliphatic heterocycles. The number of rotatable bonds is 8.